The highest BCUT2D eigenvalue weighted by atomic mass is 16.3. The van der Waals surface area contributed by atoms with E-state index in [2.05, 4.69) is 53.9 Å². The number of aliphatic hydroxyl groups excluding tert-OH is 1. The summed E-state index contributed by atoms with van der Waals surface area (Å²) in [4.78, 5) is 2.43. The van der Waals surface area contributed by atoms with Gasteiger partial charge in [-0.3, -0.25) is 4.90 Å². The molecule has 0 aromatic heterocycles. The summed E-state index contributed by atoms with van der Waals surface area (Å²) >= 11 is 0. The van der Waals surface area contributed by atoms with Gasteiger partial charge in [0.15, 0.2) is 0 Å². The maximum Gasteiger partial charge on any atom is 0.0629 e. The molecule has 2 heteroatoms. The zero-order chi connectivity index (χ0) is 15.4. The Kier molecular flexibility index (Phi) is 4.71. The van der Waals surface area contributed by atoms with Crippen LogP contribution in [0, 0.1) is 0 Å². The summed E-state index contributed by atoms with van der Waals surface area (Å²) in [6.07, 6.45) is 4.21. The molecule has 2 aromatic rings. The van der Waals surface area contributed by atoms with E-state index >= 15 is 0 Å². The summed E-state index contributed by atoms with van der Waals surface area (Å²) < 4.78 is 0. The fraction of sp³-hybridized carbons (Fsp3) is 0.300. The fourth-order valence-electron chi connectivity index (χ4n) is 3.61. The summed E-state index contributed by atoms with van der Waals surface area (Å²) in [5, 5.41) is 10.0. The minimum absolute atomic E-state index is 0.0110. The first-order valence-electron chi connectivity index (χ1n) is 7.96. The van der Waals surface area contributed by atoms with E-state index in [1.807, 2.05) is 24.3 Å². The van der Waals surface area contributed by atoms with Crippen molar-refractivity contribution in [2.75, 3.05) is 6.61 Å². The van der Waals surface area contributed by atoms with Crippen LogP contribution in [-0.2, 0) is 0 Å². The first kappa shape index (κ1) is 15.0. The van der Waals surface area contributed by atoms with Crippen molar-refractivity contribution in [2.45, 2.75) is 31.0 Å². The van der Waals surface area contributed by atoms with Gasteiger partial charge >= 0.3 is 0 Å². The molecule has 1 aliphatic rings. The van der Waals surface area contributed by atoms with Crippen LogP contribution in [-0.4, -0.2) is 22.7 Å². The third-order valence-electron chi connectivity index (χ3n) is 4.65. The lowest BCUT2D eigenvalue weighted by atomic mass is 10.0. The molecule has 1 aliphatic heterocycles. The lowest BCUT2D eigenvalue weighted by Gasteiger charge is -2.36. The summed E-state index contributed by atoms with van der Waals surface area (Å²) in [6, 6.07) is 21.5. The van der Waals surface area contributed by atoms with Gasteiger partial charge in [0.2, 0.25) is 0 Å². The van der Waals surface area contributed by atoms with Crippen molar-refractivity contribution in [2.24, 2.45) is 0 Å². The third-order valence-corrected chi connectivity index (χ3v) is 4.65. The average Bonchev–Trinajstić information content (AvgIpc) is 3.01. The molecule has 0 bridgehead atoms. The predicted molar refractivity (Wildman–Crippen MR) is 90.5 cm³/mol. The van der Waals surface area contributed by atoms with E-state index in [1.54, 1.807) is 0 Å². The van der Waals surface area contributed by atoms with Crippen molar-refractivity contribution in [3.05, 3.63) is 84.4 Å². The van der Waals surface area contributed by atoms with Gasteiger partial charge in [0.05, 0.1) is 12.6 Å². The van der Waals surface area contributed by atoms with Crippen LogP contribution in [0.4, 0.5) is 0 Å². The van der Waals surface area contributed by atoms with Crippen molar-refractivity contribution in [1.29, 1.82) is 0 Å². The largest absolute Gasteiger partial charge is 0.394 e. The maximum atomic E-state index is 10.0. The molecule has 2 nitrogen and oxygen atoms in total. The highest BCUT2D eigenvalue weighted by Crippen LogP contribution is 2.42. The first-order chi connectivity index (χ1) is 10.8. The smallest absolute Gasteiger partial charge is 0.0629 e. The van der Waals surface area contributed by atoms with Gasteiger partial charge in [-0.05, 0) is 24.0 Å². The van der Waals surface area contributed by atoms with Crippen LogP contribution < -0.4 is 0 Å². The van der Waals surface area contributed by atoms with Gasteiger partial charge in [0.1, 0.15) is 0 Å². The summed E-state index contributed by atoms with van der Waals surface area (Å²) in [5.74, 6) is 0. The number of nitrogens with zero attached hydrogens (tertiary/aromatic N) is 1. The summed E-state index contributed by atoms with van der Waals surface area (Å²) in [5.41, 5.74) is 2.49. The van der Waals surface area contributed by atoms with E-state index < -0.39 is 0 Å². The monoisotopic (exact) mass is 293 g/mol. The van der Waals surface area contributed by atoms with Gasteiger partial charge in [-0.2, -0.15) is 0 Å². The minimum Gasteiger partial charge on any atom is -0.394 e. The standard InChI is InChI=1S/C20H23NO/c1-2-18-13-14-19(16-9-5-3-6-10-16)21(18)20(15-22)17-11-7-4-8-12-17/h2-12,18-20,22H,1,13-15H2/t18-,19+,20-/m1/s1. The Labute approximate surface area is 132 Å². The van der Waals surface area contributed by atoms with Crippen LogP contribution in [0.1, 0.15) is 36.1 Å². The van der Waals surface area contributed by atoms with E-state index in [4.69, 9.17) is 0 Å². The van der Waals surface area contributed by atoms with Crippen molar-refractivity contribution in [3.8, 4) is 0 Å². The fourth-order valence-corrected chi connectivity index (χ4v) is 3.61. The summed E-state index contributed by atoms with van der Waals surface area (Å²) in [7, 11) is 0. The molecular formula is C20H23NO. The van der Waals surface area contributed by atoms with E-state index in [-0.39, 0.29) is 12.6 Å². The lowest BCUT2D eigenvalue weighted by Crippen LogP contribution is -2.36. The molecule has 0 spiro atoms. The number of aliphatic hydroxyl groups is 1. The van der Waals surface area contributed by atoms with Crippen LogP contribution in [0.2, 0.25) is 0 Å². The highest BCUT2D eigenvalue weighted by Gasteiger charge is 2.37. The number of rotatable bonds is 5. The maximum absolute atomic E-state index is 10.0. The second kappa shape index (κ2) is 6.91. The molecule has 0 amide bonds. The Morgan fingerprint density at radius 3 is 2.27 bits per heavy atom. The van der Waals surface area contributed by atoms with Crippen molar-refractivity contribution < 1.29 is 5.11 Å². The second-order valence-corrected chi connectivity index (χ2v) is 5.86. The molecule has 0 radical (unpaired) electrons. The van der Waals surface area contributed by atoms with Crippen LogP contribution in [0.5, 0.6) is 0 Å². The van der Waals surface area contributed by atoms with E-state index in [1.165, 1.54) is 11.1 Å². The minimum atomic E-state index is 0.0110. The molecule has 1 heterocycles. The Hall–Kier alpha value is -1.90. The Morgan fingerprint density at radius 1 is 1.05 bits per heavy atom. The molecule has 1 fully saturated rings. The lowest BCUT2D eigenvalue weighted by molar-refractivity contribution is 0.0914. The van der Waals surface area contributed by atoms with Gasteiger partial charge in [-0.25, -0.2) is 0 Å². The molecule has 3 atom stereocenters. The van der Waals surface area contributed by atoms with Crippen LogP contribution in [0.15, 0.2) is 73.3 Å². The van der Waals surface area contributed by atoms with E-state index in [0.29, 0.717) is 12.1 Å². The predicted octanol–water partition coefficient (Wildman–Crippen LogP) is 4.11. The molecule has 1 N–H and O–H groups in total. The number of hydrogen-bond donors (Lipinski definition) is 1. The van der Waals surface area contributed by atoms with Crippen LogP contribution in [0.25, 0.3) is 0 Å². The molecule has 3 rings (SSSR count). The molecular weight excluding hydrogens is 270 g/mol. The second-order valence-electron chi connectivity index (χ2n) is 5.86. The quantitative estimate of drug-likeness (QED) is 0.839. The van der Waals surface area contributed by atoms with Crippen molar-refractivity contribution in [1.82, 2.24) is 4.90 Å². The Balaban J connectivity index is 1.97. The van der Waals surface area contributed by atoms with Gasteiger partial charge in [-0.15, -0.1) is 6.58 Å². The Morgan fingerprint density at radius 2 is 1.68 bits per heavy atom. The van der Waals surface area contributed by atoms with Gasteiger partial charge in [0.25, 0.3) is 0 Å². The molecule has 114 valence electrons. The van der Waals surface area contributed by atoms with E-state index in [9.17, 15) is 5.11 Å². The molecule has 22 heavy (non-hydrogen) atoms. The molecule has 0 saturated carbocycles. The van der Waals surface area contributed by atoms with Crippen molar-refractivity contribution in [3.63, 3.8) is 0 Å². The van der Waals surface area contributed by atoms with Gasteiger partial charge < -0.3 is 5.11 Å². The average molecular weight is 293 g/mol. The number of benzene rings is 2. The molecule has 0 unspecified atom stereocenters. The highest BCUT2D eigenvalue weighted by molar-refractivity contribution is 5.25. The zero-order valence-corrected chi connectivity index (χ0v) is 12.8. The van der Waals surface area contributed by atoms with Gasteiger partial charge in [-0.1, -0.05) is 66.7 Å². The topological polar surface area (TPSA) is 23.5 Å². The van der Waals surface area contributed by atoms with Crippen LogP contribution >= 0.6 is 0 Å². The van der Waals surface area contributed by atoms with E-state index in [0.717, 1.165) is 12.8 Å². The van der Waals surface area contributed by atoms with Gasteiger partial charge in [0, 0.05) is 12.1 Å². The zero-order valence-electron chi connectivity index (χ0n) is 12.8. The number of likely N-dealkylation sites (tertiary alicyclic amines) is 1. The molecule has 1 saturated heterocycles. The number of hydrogen-bond acceptors (Lipinski definition) is 2. The molecule has 2 aromatic carbocycles. The summed E-state index contributed by atoms with van der Waals surface area (Å²) in [6.45, 7) is 4.13. The third kappa shape index (κ3) is 2.85. The van der Waals surface area contributed by atoms with Crippen molar-refractivity contribution >= 4 is 0 Å². The SMILES string of the molecule is C=C[C@@H]1CC[C@@H](c2ccccc2)N1[C@H](CO)c1ccccc1. The Bertz CT molecular complexity index is 596. The normalized spacial score (nSPS) is 23.3. The van der Waals surface area contributed by atoms with Crippen LogP contribution in [0.3, 0.4) is 0 Å². The first-order valence-corrected chi connectivity index (χ1v) is 7.96. The molecule has 0 aliphatic carbocycles.